The van der Waals surface area contributed by atoms with E-state index < -0.39 is 17.9 Å². The number of aromatic hydroxyl groups is 1. The summed E-state index contributed by atoms with van der Waals surface area (Å²) in [7, 11) is 0. The van der Waals surface area contributed by atoms with E-state index in [0.29, 0.717) is 34.5 Å². The Hall–Kier alpha value is -3.28. The quantitative estimate of drug-likeness (QED) is 0.552. The molecule has 0 fully saturated rings. The number of carbonyl (C=O) groups is 2. The number of esters is 1. The maximum Gasteiger partial charge on any atom is 0.340 e. The van der Waals surface area contributed by atoms with Gasteiger partial charge in [0.1, 0.15) is 11.7 Å². The zero-order valence-electron chi connectivity index (χ0n) is 17.7. The first-order valence-electron chi connectivity index (χ1n) is 10.1. The molecule has 0 amide bonds. The van der Waals surface area contributed by atoms with E-state index in [2.05, 4.69) is 18.4 Å². The number of hydrogen-bond acceptors (Lipinski definition) is 4. The van der Waals surface area contributed by atoms with Gasteiger partial charge in [0.05, 0.1) is 12.2 Å². The molecule has 6 nitrogen and oxygen atoms in total. The Bertz CT molecular complexity index is 1100. The summed E-state index contributed by atoms with van der Waals surface area (Å²) < 4.78 is 7.37. The van der Waals surface area contributed by atoms with Gasteiger partial charge in [0.25, 0.3) is 0 Å². The van der Waals surface area contributed by atoms with Gasteiger partial charge in [-0.3, -0.25) is 4.79 Å². The van der Waals surface area contributed by atoms with Crippen LogP contribution in [0.15, 0.2) is 42.5 Å². The van der Waals surface area contributed by atoms with Crippen molar-refractivity contribution in [1.82, 2.24) is 4.57 Å². The monoisotopic (exact) mass is 409 g/mol. The first-order chi connectivity index (χ1) is 14.3. The van der Waals surface area contributed by atoms with Gasteiger partial charge in [-0.15, -0.1) is 0 Å². The van der Waals surface area contributed by atoms with Crippen LogP contribution in [0.3, 0.4) is 0 Å². The third-order valence-corrected chi connectivity index (χ3v) is 5.17. The summed E-state index contributed by atoms with van der Waals surface area (Å²) in [6.07, 6.45) is 0. The van der Waals surface area contributed by atoms with Crippen molar-refractivity contribution in [2.45, 2.75) is 40.2 Å². The summed E-state index contributed by atoms with van der Waals surface area (Å²) in [6.45, 7) is 8.70. The lowest BCUT2D eigenvalue weighted by Gasteiger charge is -2.16. The van der Waals surface area contributed by atoms with Gasteiger partial charge in [-0.05, 0) is 49.1 Å². The molecule has 1 unspecified atom stereocenters. The molecule has 0 aliphatic heterocycles. The Morgan fingerprint density at radius 3 is 2.43 bits per heavy atom. The van der Waals surface area contributed by atoms with Crippen LogP contribution >= 0.6 is 0 Å². The van der Waals surface area contributed by atoms with Crippen molar-refractivity contribution in [3.05, 3.63) is 64.8 Å². The smallest absolute Gasteiger partial charge is 0.340 e. The van der Waals surface area contributed by atoms with Crippen molar-refractivity contribution in [2.75, 3.05) is 6.61 Å². The molecule has 1 aromatic heterocycles. The van der Waals surface area contributed by atoms with Crippen molar-refractivity contribution < 1.29 is 24.5 Å². The molecule has 2 N–H and O–H groups in total. The van der Waals surface area contributed by atoms with E-state index in [0.717, 1.165) is 11.2 Å². The Labute approximate surface area is 175 Å². The molecule has 0 saturated heterocycles. The Balaban J connectivity index is 2.37. The lowest BCUT2D eigenvalue weighted by atomic mass is 9.88. The van der Waals surface area contributed by atoms with Crippen LogP contribution in [0.25, 0.3) is 10.9 Å². The fraction of sp³-hybridized carbons (Fsp3) is 0.333. The molecule has 0 radical (unpaired) electrons. The third-order valence-electron chi connectivity index (χ3n) is 5.17. The molecule has 6 heteroatoms. The number of hydrogen-bond donors (Lipinski definition) is 2. The van der Waals surface area contributed by atoms with Crippen molar-refractivity contribution in [1.29, 1.82) is 0 Å². The van der Waals surface area contributed by atoms with Gasteiger partial charge in [0, 0.05) is 23.1 Å². The number of phenols is 1. The second-order valence-corrected chi connectivity index (χ2v) is 7.79. The molecule has 0 aliphatic carbocycles. The number of nitrogens with zero attached hydrogens (tertiary/aromatic N) is 1. The molecule has 0 bridgehead atoms. The number of benzene rings is 2. The van der Waals surface area contributed by atoms with Crippen molar-refractivity contribution in [3.63, 3.8) is 0 Å². The van der Waals surface area contributed by atoms with Crippen molar-refractivity contribution >= 4 is 22.8 Å². The molecule has 158 valence electrons. The predicted octanol–water partition coefficient (Wildman–Crippen LogP) is 4.70. The van der Waals surface area contributed by atoms with Gasteiger partial charge in [-0.2, -0.15) is 0 Å². The summed E-state index contributed by atoms with van der Waals surface area (Å²) in [5, 5.41) is 20.6. The number of carboxylic acid groups (broad SMARTS) is 1. The maximum atomic E-state index is 12.9. The van der Waals surface area contributed by atoms with Gasteiger partial charge in [0.15, 0.2) is 0 Å². The number of ether oxygens (including phenoxy) is 1. The lowest BCUT2D eigenvalue weighted by Crippen LogP contribution is -2.14. The van der Waals surface area contributed by atoms with Crippen LogP contribution in [-0.2, 0) is 16.1 Å². The maximum absolute atomic E-state index is 12.9. The van der Waals surface area contributed by atoms with E-state index >= 15 is 0 Å². The summed E-state index contributed by atoms with van der Waals surface area (Å²) in [4.78, 5) is 25.2. The zero-order valence-corrected chi connectivity index (χ0v) is 17.7. The van der Waals surface area contributed by atoms with Gasteiger partial charge >= 0.3 is 11.9 Å². The average molecular weight is 409 g/mol. The molecule has 0 saturated carbocycles. The van der Waals surface area contributed by atoms with Crippen LogP contribution in [0.2, 0.25) is 0 Å². The van der Waals surface area contributed by atoms with Crippen LogP contribution in [0.4, 0.5) is 0 Å². The van der Waals surface area contributed by atoms with E-state index in [-0.39, 0.29) is 12.4 Å². The lowest BCUT2D eigenvalue weighted by molar-refractivity contribution is -0.137. The average Bonchev–Trinajstić information content (AvgIpc) is 2.94. The highest BCUT2D eigenvalue weighted by Crippen LogP contribution is 2.37. The Morgan fingerprint density at radius 1 is 1.13 bits per heavy atom. The van der Waals surface area contributed by atoms with Gasteiger partial charge < -0.3 is 19.5 Å². The minimum absolute atomic E-state index is 0.00917. The van der Waals surface area contributed by atoms with Crippen LogP contribution in [0, 0.1) is 12.8 Å². The molecule has 30 heavy (non-hydrogen) atoms. The predicted molar refractivity (Wildman–Crippen MR) is 115 cm³/mol. The summed E-state index contributed by atoms with van der Waals surface area (Å²) in [5.41, 5.74) is 2.89. The number of aromatic nitrogens is 1. The molecule has 2 aromatic carbocycles. The summed E-state index contributed by atoms with van der Waals surface area (Å²) in [5.74, 6) is -2.24. The molecule has 1 heterocycles. The summed E-state index contributed by atoms with van der Waals surface area (Å²) >= 11 is 0. The topological polar surface area (TPSA) is 88.8 Å². The van der Waals surface area contributed by atoms with Crippen LogP contribution < -0.4 is 0 Å². The molecule has 1 atom stereocenters. The zero-order chi connectivity index (χ0) is 22.0. The van der Waals surface area contributed by atoms with Crippen LogP contribution in [0.1, 0.15) is 53.9 Å². The highest BCUT2D eigenvalue weighted by molar-refractivity contribution is 6.08. The first kappa shape index (κ1) is 21.4. The van der Waals surface area contributed by atoms with E-state index in [4.69, 9.17) is 4.74 Å². The largest absolute Gasteiger partial charge is 0.508 e. The standard InChI is InChI=1S/C24H27NO5/c1-5-30-24(29)20-15(4)25(13-14(2)3)19-11-7-10-18(22(19)20)21(23(27)28)16-8-6-9-17(26)12-16/h6-12,14,21,26H,5,13H2,1-4H3,(H,27,28). The highest BCUT2D eigenvalue weighted by atomic mass is 16.5. The molecule has 0 spiro atoms. The Kier molecular flexibility index (Phi) is 6.15. The Morgan fingerprint density at radius 2 is 1.83 bits per heavy atom. The third kappa shape index (κ3) is 3.90. The number of carbonyl (C=O) groups excluding carboxylic acids is 1. The molecule has 3 aromatic rings. The molecular weight excluding hydrogens is 382 g/mol. The van der Waals surface area contributed by atoms with E-state index in [1.807, 2.05) is 19.1 Å². The molecular formula is C24H27NO5. The van der Waals surface area contributed by atoms with Gasteiger partial charge in [-0.1, -0.05) is 38.1 Å². The molecule has 3 rings (SSSR count). The number of rotatable bonds is 7. The number of carboxylic acids is 1. The van der Waals surface area contributed by atoms with Crippen LogP contribution in [-0.4, -0.2) is 33.3 Å². The van der Waals surface area contributed by atoms with Crippen molar-refractivity contribution in [2.24, 2.45) is 5.92 Å². The fourth-order valence-electron chi connectivity index (χ4n) is 4.00. The number of fused-ring (bicyclic) bond motifs is 1. The van der Waals surface area contributed by atoms with Crippen molar-refractivity contribution in [3.8, 4) is 5.75 Å². The molecule has 0 aliphatic rings. The highest BCUT2D eigenvalue weighted by Gasteiger charge is 2.30. The normalized spacial score (nSPS) is 12.3. The minimum Gasteiger partial charge on any atom is -0.508 e. The van der Waals surface area contributed by atoms with Gasteiger partial charge in [-0.25, -0.2) is 4.79 Å². The van der Waals surface area contributed by atoms with Gasteiger partial charge in [0.2, 0.25) is 0 Å². The number of aliphatic carboxylic acids is 1. The van der Waals surface area contributed by atoms with Crippen LogP contribution in [0.5, 0.6) is 5.75 Å². The SMILES string of the molecule is CCOC(=O)c1c(C)n(CC(C)C)c2cccc(C(C(=O)O)c3cccc(O)c3)c12. The fourth-order valence-corrected chi connectivity index (χ4v) is 4.00. The van der Waals surface area contributed by atoms with E-state index in [1.165, 1.54) is 12.1 Å². The summed E-state index contributed by atoms with van der Waals surface area (Å²) in [6, 6.07) is 11.7. The second kappa shape index (κ2) is 8.61. The van der Waals surface area contributed by atoms with E-state index in [9.17, 15) is 19.8 Å². The first-order valence-corrected chi connectivity index (χ1v) is 10.1. The minimum atomic E-state index is -1.06. The number of phenolic OH excluding ortho intramolecular Hbond substituents is 1. The second-order valence-electron chi connectivity index (χ2n) is 7.79. The van der Waals surface area contributed by atoms with E-state index in [1.54, 1.807) is 25.1 Å².